The van der Waals surface area contributed by atoms with Crippen molar-refractivity contribution in [1.82, 2.24) is 10.2 Å². The number of nitrogens with one attached hydrogen (secondary N) is 1. The zero-order valence-electron chi connectivity index (χ0n) is 14.7. The van der Waals surface area contributed by atoms with Crippen molar-refractivity contribution in [3.05, 3.63) is 30.3 Å². The minimum Gasteiger partial charge on any atom is -0.323 e. The molecule has 0 radical (unpaired) electrons. The highest BCUT2D eigenvalue weighted by atomic mass is 32.2. The molecule has 1 saturated heterocycles. The molecule has 1 heterocycles. The van der Waals surface area contributed by atoms with Crippen LogP contribution in [0.1, 0.15) is 20.3 Å². The second kappa shape index (κ2) is 8.12. The first-order chi connectivity index (χ1) is 12.1. The van der Waals surface area contributed by atoms with E-state index in [2.05, 4.69) is 5.32 Å². The highest BCUT2D eigenvalue weighted by Crippen LogP contribution is 2.20. The van der Waals surface area contributed by atoms with Crippen LogP contribution in [0.25, 0.3) is 0 Å². The molecule has 0 aliphatic carbocycles. The highest BCUT2D eigenvalue weighted by molar-refractivity contribution is 7.86. The number of halogens is 1. The van der Waals surface area contributed by atoms with Crippen LogP contribution in [0.15, 0.2) is 35.2 Å². The molecule has 0 unspecified atom stereocenters. The van der Waals surface area contributed by atoms with E-state index in [1.165, 1.54) is 17.0 Å². The number of rotatable bonds is 7. The van der Waals surface area contributed by atoms with E-state index < -0.39 is 33.8 Å². The second-order valence-electron chi connectivity index (χ2n) is 6.79. The lowest BCUT2D eigenvalue weighted by Crippen LogP contribution is -2.50. The Morgan fingerprint density at radius 1 is 1.42 bits per heavy atom. The predicted molar refractivity (Wildman–Crippen MR) is 92.3 cm³/mol. The van der Waals surface area contributed by atoms with Crippen molar-refractivity contribution in [3.8, 4) is 6.07 Å². The van der Waals surface area contributed by atoms with Gasteiger partial charge in [-0.15, -0.1) is 0 Å². The lowest BCUT2D eigenvalue weighted by atomic mass is 10.1. The van der Waals surface area contributed by atoms with Crippen LogP contribution in [0.5, 0.6) is 0 Å². The van der Waals surface area contributed by atoms with Gasteiger partial charge in [-0.25, -0.2) is 4.39 Å². The first-order valence-corrected chi connectivity index (χ1v) is 9.58. The Hall–Kier alpha value is -2.02. The first-order valence-electron chi connectivity index (χ1n) is 8.17. The largest absolute Gasteiger partial charge is 0.323 e. The fourth-order valence-electron chi connectivity index (χ4n) is 2.53. The lowest BCUT2D eigenvalue weighted by Gasteiger charge is -2.27. The van der Waals surface area contributed by atoms with Gasteiger partial charge in [0.05, 0.1) is 30.7 Å². The predicted octanol–water partition coefficient (Wildman–Crippen LogP) is 1.22. The molecule has 1 N–H and O–H groups in total. The zero-order chi connectivity index (χ0) is 19.4. The summed E-state index contributed by atoms with van der Waals surface area (Å²) >= 11 is 0. The Morgan fingerprint density at radius 3 is 2.69 bits per heavy atom. The van der Waals surface area contributed by atoms with Crippen molar-refractivity contribution in [2.45, 2.75) is 42.9 Å². The normalized spacial score (nSPS) is 20.8. The van der Waals surface area contributed by atoms with Gasteiger partial charge in [-0.1, -0.05) is 18.2 Å². The maximum absolute atomic E-state index is 13.4. The number of likely N-dealkylation sites (tertiary alicyclic amines) is 1. The van der Waals surface area contributed by atoms with E-state index in [1.54, 1.807) is 32.0 Å². The van der Waals surface area contributed by atoms with Gasteiger partial charge in [0.15, 0.2) is 0 Å². The summed E-state index contributed by atoms with van der Waals surface area (Å²) in [6.07, 6.45) is -1.18. The third-order valence-electron chi connectivity index (χ3n) is 4.04. The quantitative estimate of drug-likeness (QED) is 0.711. The summed E-state index contributed by atoms with van der Waals surface area (Å²) in [5.41, 5.74) is -0.825. The van der Waals surface area contributed by atoms with E-state index in [0.717, 1.165) is 0 Å². The van der Waals surface area contributed by atoms with Crippen LogP contribution >= 0.6 is 0 Å². The van der Waals surface area contributed by atoms with Crippen molar-refractivity contribution in [3.63, 3.8) is 0 Å². The summed E-state index contributed by atoms with van der Waals surface area (Å²) in [5.74, 6) is -0.407. The monoisotopic (exact) mass is 383 g/mol. The molecule has 1 aromatic carbocycles. The Morgan fingerprint density at radius 2 is 2.08 bits per heavy atom. The van der Waals surface area contributed by atoms with Gasteiger partial charge in [0.2, 0.25) is 5.91 Å². The van der Waals surface area contributed by atoms with Gasteiger partial charge in [0.25, 0.3) is 10.1 Å². The average molecular weight is 383 g/mol. The molecule has 0 bridgehead atoms. The minimum absolute atomic E-state index is 0.0179. The molecular weight excluding hydrogens is 361 g/mol. The van der Waals surface area contributed by atoms with Gasteiger partial charge in [0, 0.05) is 12.0 Å². The molecule has 7 nitrogen and oxygen atoms in total. The molecule has 1 aromatic rings. The molecule has 2 rings (SSSR count). The van der Waals surface area contributed by atoms with E-state index in [4.69, 9.17) is 9.44 Å². The number of alkyl halides is 1. The summed E-state index contributed by atoms with van der Waals surface area (Å²) < 4.78 is 42.8. The maximum atomic E-state index is 13.4. The Bertz CT molecular complexity index is 777. The topological polar surface area (TPSA) is 99.5 Å². The summed E-state index contributed by atoms with van der Waals surface area (Å²) in [6, 6.07) is 8.91. The fourth-order valence-corrected chi connectivity index (χ4v) is 3.61. The standard InChI is InChI=1S/C17H22FN3O4S/c1-17(2,12-25-26(23,24)15-6-4-3-5-7-15)20-10-16(22)21-11-13(18)8-14(21)9-19/h3-7,13-14,20H,8,10-12H2,1-2H3/t13-,14-/m0/s1. The summed E-state index contributed by atoms with van der Waals surface area (Å²) in [7, 11) is -3.90. The van der Waals surface area contributed by atoms with Gasteiger partial charge in [-0.3, -0.25) is 8.98 Å². The molecule has 1 aliphatic rings. The highest BCUT2D eigenvalue weighted by Gasteiger charge is 2.35. The van der Waals surface area contributed by atoms with E-state index in [1.807, 2.05) is 6.07 Å². The molecule has 1 fully saturated rings. The van der Waals surface area contributed by atoms with Crippen molar-refractivity contribution >= 4 is 16.0 Å². The first kappa shape index (κ1) is 20.3. The van der Waals surface area contributed by atoms with Gasteiger partial charge in [-0.05, 0) is 26.0 Å². The third kappa shape index (κ3) is 5.24. The van der Waals surface area contributed by atoms with E-state index in [-0.39, 0.29) is 31.0 Å². The summed E-state index contributed by atoms with van der Waals surface area (Å²) in [5, 5.41) is 11.9. The molecule has 1 amide bonds. The molecule has 9 heteroatoms. The van der Waals surface area contributed by atoms with Crippen LogP contribution in [0.2, 0.25) is 0 Å². The molecule has 0 saturated carbocycles. The molecule has 0 spiro atoms. The van der Waals surface area contributed by atoms with Gasteiger partial charge < -0.3 is 10.2 Å². The smallest absolute Gasteiger partial charge is 0.297 e. The summed E-state index contributed by atoms with van der Waals surface area (Å²) in [6.45, 7) is 2.94. The van der Waals surface area contributed by atoms with Crippen LogP contribution in [0.4, 0.5) is 4.39 Å². The summed E-state index contributed by atoms with van der Waals surface area (Å²) in [4.78, 5) is 13.5. The van der Waals surface area contributed by atoms with Crippen molar-refractivity contribution in [2.24, 2.45) is 0 Å². The molecular formula is C17H22FN3O4S. The molecule has 2 atom stereocenters. The molecule has 0 aromatic heterocycles. The molecule has 26 heavy (non-hydrogen) atoms. The second-order valence-corrected chi connectivity index (χ2v) is 8.41. The number of benzene rings is 1. The number of hydrogen-bond acceptors (Lipinski definition) is 6. The number of nitrogens with zero attached hydrogens (tertiary/aromatic N) is 2. The average Bonchev–Trinajstić information content (AvgIpc) is 3.00. The zero-order valence-corrected chi connectivity index (χ0v) is 15.5. The van der Waals surface area contributed by atoms with Gasteiger partial charge in [0.1, 0.15) is 12.2 Å². The van der Waals surface area contributed by atoms with Crippen LogP contribution < -0.4 is 5.32 Å². The van der Waals surface area contributed by atoms with Crippen molar-refractivity contribution in [1.29, 1.82) is 5.26 Å². The fraction of sp³-hybridized carbons (Fsp3) is 0.529. The molecule has 142 valence electrons. The van der Waals surface area contributed by atoms with Crippen LogP contribution in [-0.4, -0.2) is 56.7 Å². The Balaban J connectivity index is 1.89. The van der Waals surface area contributed by atoms with Gasteiger partial charge >= 0.3 is 0 Å². The number of carbonyl (C=O) groups is 1. The van der Waals surface area contributed by atoms with E-state index in [0.29, 0.717) is 0 Å². The Kier molecular flexibility index (Phi) is 6.34. The minimum atomic E-state index is -3.90. The number of amides is 1. The maximum Gasteiger partial charge on any atom is 0.297 e. The number of hydrogen-bond donors (Lipinski definition) is 1. The van der Waals surface area contributed by atoms with Crippen molar-refractivity contribution < 1.29 is 21.8 Å². The van der Waals surface area contributed by atoms with Gasteiger partial charge in [-0.2, -0.15) is 13.7 Å². The van der Waals surface area contributed by atoms with E-state index in [9.17, 15) is 17.6 Å². The van der Waals surface area contributed by atoms with E-state index >= 15 is 0 Å². The number of carbonyl (C=O) groups excluding carboxylic acids is 1. The number of nitriles is 1. The van der Waals surface area contributed by atoms with Crippen LogP contribution in [0.3, 0.4) is 0 Å². The lowest BCUT2D eigenvalue weighted by molar-refractivity contribution is -0.130. The van der Waals surface area contributed by atoms with Crippen molar-refractivity contribution in [2.75, 3.05) is 19.7 Å². The SMILES string of the molecule is CC(C)(COS(=O)(=O)c1ccccc1)NCC(=O)N1C[C@@H](F)C[C@H]1C#N. The molecule has 1 aliphatic heterocycles. The third-order valence-corrected chi connectivity index (χ3v) is 5.32. The van der Waals surface area contributed by atoms with Crippen LogP contribution in [-0.2, 0) is 19.1 Å². The van der Waals surface area contributed by atoms with Crippen LogP contribution in [0, 0.1) is 11.3 Å². The Labute approximate surface area is 152 Å².